The number of aryl methyl sites for hydroxylation is 2. The maximum Gasteiger partial charge on any atom is 0.118 e. The molecular formula is C25H30O3. The highest BCUT2D eigenvalue weighted by Crippen LogP contribution is 2.32. The molecule has 28 heavy (non-hydrogen) atoms. The van der Waals surface area contributed by atoms with Gasteiger partial charge in [0.2, 0.25) is 0 Å². The molecule has 0 unspecified atom stereocenters. The molecule has 0 fully saturated rings. The zero-order valence-electron chi connectivity index (χ0n) is 17.1. The summed E-state index contributed by atoms with van der Waals surface area (Å²) in [5.41, 5.74) is 4.38. The minimum atomic E-state index is -0.151. The van der Waals surface area contributed by atoms with Gasteiger partial charge >= 0.3 is 0 Å². The van der Waals surface area contributed by atoms with Crippen molar-refractivity contribution in [2.24, 2.45) is 0 Å². The van der Waals surface area contributed by atoms with Crippen molar-refractivity contribution in [3.05, 3.63) is 89.0 Å². The zero-order valence-corrected chi connectivity index (χ0v) is 17.1. The van der Waals surface area contributed by atoms with Crippen LogP contribution in [0, 0.1) is 6.92 Å². The van der Waals surface area contributed by atoms with Crippen molar-refractivity contribution in [1.29, 1.82) is 0 Å². The Morgan fingerprint density at radius 3 is 1.57 bits per heavy atom. The lowest BCUT2D eigenvalue weighted by molar-refractivity contribution is 0.470. The quantitative estimate of drug-likeness (QED) is 0.516. The number of benzene rings is 3. The summed E-state index contributed by atoms with van der Waals surface area (Å²) in [5.74, 6) is 0.940. The summed E-state index contributed by atoms with van der Waals surface area (Å²) in [6.07, 6.45) is 2.26. The molecule has 0 heterocycles. The highest BCUT2D eigenvalue weighted by atomic mass is 16.3. The van der Waals surface area contributed by atoms with E-state index >= 15 is 0 Å². The minimum Gasteiger partial charge on any atom is -0.508 e. The van der Waals surface area contributed by atoms with Crippen LogP contribution in [-0.2, 0) is 11.8 Å². The summed E-state index contributed by atoms with van der Waals surface area (Å²) in [6, 6.07) is 20.2. The van der Waals surface area contributed by atoms with Gasteiger partial charge in [-0.15, -0.1) is 0 Å². The monoisotopic (exact) mass is 378 g/mol. The molecule has 0 atom stereocenters. The highest BCUT2D eigenvalue weighted by molar-refractivity contribution is 5.41. The van der Waals surface area contributed by atoms with E-state index in [-0.39, 0.29) is 16.9 Å². The van der Waals surface area contributed by atoms with Crippen LogP contribution in [0.25, 0.3) is 0 Å². The van der Waals surface area contributed by atoms with E-state index in [0.29, 0.717) is 5.75 Å². The molecule has 0 aliphatic rings. The summed E-state index contributed by atoms with van der Waals surface area (Å²) in [6.45, 7) is 8.31. The SMILES string of the molecule is CC(C)(c1ccc(O)cc1)c1ccc(O)cc1.CCCc1ccc(O)c(C)c1. The van der Waals surface area contributed by atoms with E-state index in [1.807, 2.05) is 43.3 Å². The topological polar surface area (TPSA) is 60.7 Å². The standard InChI is InChI=1S/C15H16O2.C10H14O/c1-15(2,11-3-7-13(16)8-4-11)12-5-9-14(17)10-6-12;1-3-4-9-5-6-10(11)8(2)7-9/h3-10,16-17H,1-2H3;5-7,11H,3-4H2,1-2H3. The lowest BCUT2D eigenvalue weighted by atomic mass is 9.78. The molecule has 3 aromatic carbocycles. The van der Waals surface area contributed by atoms with Crippen molar-refractivity contribution in [1.82, 2.24) is 0 Å². The number of phenolic OH excluding ortho intramolecular Hbond substituents is 3. The van der Waals surface area contributed by atoms with Gasteiger partial charge < -0.3 is 15.3 Å². The molecule has 0 spiro atoms. The summed E-state index contributed by atoms with van der Waals surface area (Å²) >= 11 is 0. The van der Waals surface area contributed by atoms with Crippen molar-refractivity contribution < 1.29 is 15.3 Å². The van der Waals surface area contributed by atoms with E-state index in [2.05, 4.69) is 20.8 Å². The van der Waals surface area contributed by atoms with Crippen LogP contribution in [0.4, 0.5) is 0 Å². The fourth-order valence-electron chi connectivity index (χ4n) is 3.08. The summed E-state index contributed by atoms with van der Waals surface area (Å²) < 4.78 is 0. The third-order valence-electron chi connectivity index (χ3n) is 4.98. The molecule has 0 radical (unpaired) electrons. The molecule has 0 aliphatic carbocycles. The molecule has 3 aromatic rings. The Bertz CT molecular complexity index is 831. The summed E-state index contributed by atoms with van der Waals surface area (Å²) in [5, 5.41) is 27.8. The minimum absolute atomic E-state index is 0.151. The maximum atomic E-state index is 9.30. The Labute approximate surface area is 167 Å². The van der Waals surface area contributed by atoms with Gasteiger partial charge in [0.1, 0.15) is 17.2 Å². The van der Waals surface area contributed by atoms with E-state index in [0.717, 1.165) is 29.5 Å². The Hall–Kier alpha value is -2.94. The average Bonchev–Trinajstić information content (AvgIpc) is 2.66. The van der Waals surface area contributed by atoms with Crippen LogP contribution in [0.3, 0.4) is 0 Å². The molecule has 0 aliphatic heterocycles. The number of aromatic hydroxyl groups is 3. The lowest BCUT2D eigenvalue weighted by Gasteiger charge is -2.26. The van der Waals surface area contributed by atoms with Gasteiger partial charge in [-0.25, -0.2) is 0 Å². The van der Waals surface area contributed by atoms with Crippen molar-refractivity contribution in [2.75, 3.05) is 0 Å². The van der Waals surface area contributed by atoms with Crippen LogP contribution < -0.4 is 0 Å². The fourth-order valence-corrected chi connectivity index (χ4v) is 3.08. The first-order valence-corrected chi connectivity index (χ1v) is 9.61. The second-order valence-corrected chi connectivity index (χ2v) is 7.59. The summed E-state index contributed by atoms with van der Waals surface area (Å²) in [4.78, 5) is 0. The van der Waals surface area contributed by atoms with Crippen LogP contribution in [0.1, 0.15) is 49.4 Å². The van der Waals surface area contributed by atoms with Crippen molar-refractivity contribution >= 4 is 0 Å². The van der Waals surface area contributed by atoms with Gasteiger partial charge in [-0.05, 0) is 65.9 Å². The van der Waals surface area contributed by atoms with E-state index in [9.17, 15) is 15.3 Å². The van der Waals surface area contributed by atoms with Gasteiger partial charge in [0.25, 0.3) is 0 Å². The van der Waals surface area contributed by atoms with Gasteiger partial charge in [0.15, 0.2) is 0 Å². The van der Waals surface area contributed by atoms with E-state index < -0.39 is 0 Å². The predicted octanol–water partition coefficient (Wildman–Crippen LogP) is 6.08. The van der Waals surface area contributed by atoms with Crippen molar-refractivity contribution in [3.63, 3.8) is 0 Å². The van der Waals surface area contributed by atoms with Crippen LogP contribution >= 0.6 is 0 Å². The third-order valence-corrected chi connectivity index (χ3v) is 4.98. The predicted molar refractivity (Wildman–Crippen MR) is 115 cm³/mol. The van der Waals surface area contributed by atoms with Crippen molar-refractivity contribution in [2.45, 2.75) is 46.0 Å². The number of hydrogen-bond acceptors (Lipinski definition) is 3. The molecule has 148 valence electrons. The molecule has 3 rings (SSSR count). The highest BCUT2D eigenvalue weighted by Gasteiger charge is 2.22. The molecule has 3 nitrogen and oxygen atoms in total. The first-order valence-electron chi connectivity index (χ1n) is 9.61. The molecule has 0 bridgehead atoms. The Kier molecular flexibility index (Phi) is 7.11. The zero-order chi connectivity index (χ0) is 20.7. The van der Waals surface area contributed by atoms with Gasteiger partial charge in [0, 0.05) is 5.41 Å². The third kappa shape index (κ3) is 5.53. The number of hydrogen-bond donors (Lipinski definition) is 3. The average molecular weight is 379 g/mol. The Morgan fingerprint density at radius 1 is 0.714 bits per heavy atom. The van der Waals surface area contributed by atoms with E-state index in [1.54, 1.807) is 30.3 Å². The first kappa shape index (κ1) is 21.4. The lowest BCUT2D eigenvalue weighted by Crippen LogP contribution is -2.18. The summed E-state index contributed by atoms with van der Waals surface area (Å²) in [7, 11) is 0. The van der Waals surface area contributed by atoms with E-state index in [1.165, 1.54) is 5.56 Å². The van der Waals surface area contributed by atoms with Gasteiger partial charge in [0.05, 0.1) is 0 Å². The van der Waals surface area contributed by atoms with E-state index in [4.69, 9.17) is 0 Å². The second-order valence-electron chi connectivity index (χ2n) is 7.59. The van der Waals surface area contributed by atoms with Crippen LogP contribution in [0.2, 0.25) is 0 Å². The van der Waals surface area contributed by atoms with Gasteiger partial charge in [-0.2, -0.15) is 0 Å². The normalized spacial score (nSPS) is 10.9. The second kappa shape index (κ2) is 9.32. The fraction of sp³-hybridized carbons (Fsp3) is 0.280. The molecule has 3 heteroatoms. The van der Waals surface area contributed by atoms with Gasteiger partial charge in [-0.1, -0.05) is 63.6 Å². The number of rotatable bonds is 4. The van der Waals surface area contributed by atoms with Crippen LogP contribution in [0.5, 0.6) is 17.2 Å². The largest absolute Gasteiger partial charge is 0.508 e. The molecule has 0 amide bonds. The maximum absolute atomic E-state index is 9.30. The first-order chi connectivity index (χ1) is 13.2. The molecule has 0 aromatic heterocycles. The Morgan fingerprint density at radius 2 is 1.18 bits per heavy atom. The molecular weight excluding hydrogens is 348 g/mol. The Balaban J connectivity index is 0.000000221. The van der Waals surface area contributed by atoms with Crippen molar-refractivity contribution in [3.8, 4) is 17.2 Å². The number of phenols is 3. The van der Waals surface area contributed by atoms with Crippen LogP contribution in [-0.4, -0.2) is 15.3 Å². The van der Waals surface area contributed by atoms with Gasteiger partial charge in [-0.3, -0.25) is 0 Å². The molecule has 0 saturated carbocycles. The van der Waals surface area contributed by atoms with Crippen LogP contribution in [0.15, 0.2) is 66.7 Å². The molecule has 3 N–H and O–H groups in total. The molecule has 0 saturated heterocycles. The smallest absolute Gasteiger partial charge is 0.118 e.